The second-order valence-corrected chi connectivity index (χ2v) is 6.24. The summed E-state index contributed by atoms with van der Waals surface area (Å²) < 4.78 is 13.6. The van der Waals surface area contributed by atoms with Crippen molar-refractivity contribution >= 4 is 17.3 Å². The van der Waals surface area contributed by atoms with Gasteiger partial charge in [0, 0.05) is 19.5 Å². The fraction of sp³-hybridized carbons (Fsp3) is 0.350. The lowest BCUT2D eigenvalue weighted by molar-refractivity contribution is -0.116. The Labute approximate surface area is 142 Å². The molecule has 126 valence electrons. The average Bonchev–Trinajstić information content (AvgIpc) is 2.62. The molecule has 0 radical (unpaired) electrons. The molecule has 2 aromatic rings. The number of carbonyl (C=O) groups excluding carboxylic acids is 1. The fourth-order valence-corrected chi connectivity index (χ4v) is 3.13. The van der Waals surface area contributed by atoms with E-state index in [1.54, 1.807) is 6.07 Å². The van der Waals surface area contributed by atoms with Gasteiger partial charge in [-0.25, -0.2) is 4.39 Å². The molecule has 0 bridgehead atoms. The van der Waals surface area contributed by atoms with Crippen LogP contribution in [0.1, 0.15) is 31.2 Å². The minimum Gasteiger partial charge on any atom is -0.370 e. The number of piperidine rings is 1. The van der Waals surface area contributed by atoms with Crippen LogP contribution < -0.4 is 10.2 Å². The van der Waals surface area contributed by atoms with E-state index in [9.17, 15) is 9.18 Å². The van der Waals surface area contributed by atoms with Crippen LogP contribution in [0.15, 0.2) is 48.5 Å². The highest BCUT2D eigenvalue weighted by atomic mass is 19.1. The van der Waals surface area contributed by atoms with Crippen LogP contribution in [0.3, 0.4) is 0 Å². The highest BCUT2D eigenvalue weighted by Gasteiger charge is 2.16. The number of rotatable bonds is 5. The molecule has 1 amide bonds. The Kier molecular flexibility index (Phi) is 5.47. The van der Waals surface area contributed by atoms with E-state index in [-0.39, 0.29) is 11.7 Å². The number of hydrogen-bond acceptors (Lipinski definition) is 2. The van der Waals surface area contributed by atoms with Gasteiger partial charge in [0.1, 0.15) is 5.82 Å². The molecule has 0 aromatic heterocycles. The van der Waals surface area contributed by atoms with Crippen LogP contribution in [0.4, 0.5) is 15.8 Å². The minimum atomic E-state index is -0.325. The molecule has 2 aromatic carbocycles. The number of halogens is 1. The average molecular weight is 326 g/mol. The first kappa shape index (κ1) is 16.5. The topological polar surface area (TPSA) is 32.3 Å². The van der Waals surface area contributed by atoms with Crippen molar-refractivity contribution in [3.8, 4) is 0 Å². The van der Waals surface area contributed by atoms with Crippen molar-refractivity contribution in [1.82, 2.24) is 0 Å². The van der Waals surface area contributed by atoms with Gasteiger partial charge in [-0.15, -0.1) is 0 Å². The quantitative estimate of drug-likeness (QED) is 0.884. The van der Waals surface area contributed by atoms with Crippen LogP contribution in [0, 0.1) is 5.82 Å². The van der Waals surface area contributed by atoms with E-state index >= 15 is 0 Å². The van der Waals surface area contributed by atoms with Gasteiger partial charge < -0.3 is 10.2 Å². The first-order valence-electron chi connectivity index (χ1n) is 8.60. The summed E-state index contributed by atoms with van der Waals surface area (Å²) in [4.78, 5) is 14.5. The fourth-order valence-electron chi connectivity index (χ4n) is 3.13. The Hall–Kier alpha value is -2.36. The summed E-state index contributed by atoms with van der Waals surface area (Å²) in [7, 11) is 0. The molecular formula is C20H23FN2O. The Bertz CT molecular complexity index is 681. The molecule has 0 unspecified atom stereocenters. The summed E-state index contributed by atoms with van der Waals surface area (Å²) >= 11 is 0. The van der Waals surface area contributed by atoms with Gasteiger partial charge in [0.2, 0.25) is 5.91 Å². The van der Waals surface area contributed by atoms with Gasteiger partial charge in [0.25, 0.3) is 0 Å². The van der Waals surface area contributed by atoms with Crippen molar-refractivity contribution < 1.29 is 9.18 Å². The molecule has 0 aliphatic carbocycles. The normalized spacial score (nSPS) is 14.5. The largest absolute Gasteiger partial charge is 0.370 e. The summed E-state index contributed by atoms with van der Waals surface area (Å²) in [6.45, 7) is 1.91. The van der Waals surface area contributed by atoms with Crippen LogP contribution in [0.25, 0.3) is 0 Å². The Morgan fingerprint density at radius 1 is 1.04 bits per heavy atom. The molecule has 0 spiro atoms. The SMILES string of the molecule is O=C(CCc1ccccc1)Nc1cc(F)ccc1N1CCCCC1. The van der Waals surface area contributed by atoms with E-state index in [0.29, 0.717) is 18.5 Å². The molecule has 1 aliphatic rings. The third-order valence-corrected chi connectivity index (χ3v) is 4.41. The first-order chi connectivity index (χ1) is 11.7. The third kappa shape index (κ3) is 4.34. The maximum Gasteiger partial charge on any atom is 0.224 e. The number of nitrogens with zero attached hydrogens (tertiary/aromatic N) is 1. The van der Waals surface area contributed by atoms with Gasteiger partial charge in [-0.1, -0.05) is 30.3 Å². The van der Waals surface area contributed by atoms with Crippen LogP contribution in [-0.2, 0) is 11.2 Å². The van der Waals surface area contributed by atoms with E-state index in [1.807, 2.05) is 30.3 Å². The summed E-state index contributed by atoms with van der Waals surface area (Å²) in [6.07, 6.45) is 4.58. The molecule has 1 fully saturated rings. The van der Waals surface area contributed by atoms with Crippen molar-refractivity contribution in [3.05, 3.63) is 59.9 Å². The highest BCUT2D eigenvalue weighted by Crippen LogP contribution is 2.29. The molecule has 1 heterocycles. The number of aryl methyl sites for hydroxylation is 1. The van der Waals surface area contributed by atoms with E-state index < -0.39 is 0 Å². The van der Waals surface area contributed by atoms with Gasteiger partial charge >= 0.3 is 0 Å². The predicted octanol–water partition coefficient (Wildman–Crippen LogP) is 4.39. The lowest BCUT2D eigenvalue weighted by Crippen LogP contribution is -2.30. The zero-order valence-electron chi connectivity index (χ0n) is 13.8. The van der Waals surface area contributed by atoms with Crippen molar-refractivity contribution in [2.24, 2.45) is 0 Å². The second kappa shape index (κ2) is 7.95. The van der Waals surface area contributed by atoms with Crippen LogP contribution in [0.5, 0.6) is 0 Å². The number of hydrogen-bond donors (Lipinski definition) is 1. The monoisotopic (exact) mass is 326 g/mol. The molecule has 24 heavy (non-hydrogen) atoms. The van der Waals surface area contributed by atoms with Crippen LogP contribution >= 0.6 is 0 Å². The van der Waals surface area contributed by atoms with Crippen molar-refractivity contribution in [2.45, 2.75) is 32.1 Å². The lowest BCUT2D eigenvalue weighted by atomic mass is 10.1. The van der Waals surface area contributed by atoms with Gasteiger partial charge in [-0.05, 0) is 49.4 Å². The highest BCUT2D eigenvalue weighted by molar-refractivity contribution is 5.94. The molecule has 1 N–H and O–H groups in total. The van der Waals surface area contributed by atoms with E-state index in [1.165, 1.54) is 18.6 Å². The number of nitrogens with one attached hydrogen (secondary N) is 1. The molecular weight excluding hydrogens is 303 g/mol. The Morgan fingerprint density at radius 3 is 2.54 bits per heavy atom. The van der Waals surface area contributed by atoms with Crippen molar-refractivity contribution in [1.29, 1.82) is 0 Å². The molecule has 1 aliphatic heterocycles. The van der Waals surface area contributed by atoms with Gasteiger partial charge in [0.15, 0.2) is 0 Å². The summed E-state index contributed by atoms with van der Waals surface area (Å²) in [6, 6.07) is 14.6. The zero-order chi connectivity index (χ0) is 16.8. The van der Waals surface area contributed by atoms with Gasteiger partial charge in [0.05, 0.1) is 11.4 Å². The summed E-state index contributed by atoms with van der Waals surface area (Å²) in [5.74, 6) is -0.406. The van der Waals surface area contributed by atoms with Crippen LogP contribution in [-0.4, -0.2) is 19.0 Å². The lowest BCUT2D eigenvalue weighted by Gasteiger charge is -2.30. The molecule has 4 heteroatoms. The van der Waals surface area contributed by atoms with E-state index in [4.69, 9.17) is 0 Å². The standard InChI is InChI=1S/C20H23FN2O/c21-17-10-11-19(23-13-5-2-6-14-23)18(15-17)22-20(24)12-9-16-7-3-1-4-8-16/h1,3-4,7-8,10-11,15H,2,5-6,9,12-14H2,(H,22,24). The van der Waals surface area contributed by atoms with E-state index in [0.717, 1.165) is 37.2 Å². The number of anilines is 2. The molecule has 0 saturated carbocycles. The minimum absolute atomic E-state index is 0.0808. The van der Waals surface area contributed by atoms with Gasteiger partial charge in [-0.3, -0.25) is 4.79 Å². The summed E-state index contributed by atoms with van der Waals surface area (Å²) in [5, 5.41) is 2.90. The van der Waals surface area contributed by atoms with Crippen LogP contribution in [0.2, 0.25) is 0 Å². The number of carbonyl (C=O) groups is 1. The smallest absolute Gasteiger partial charge is 0.224 e. The van der Waals surface area contributed by atoms with Crippen molar-refractivity contribution in [2.75, 3.05) is 23.3 Å². The molecule has 0 atom stereocenters. The summed E-state index contributed by atoms with van der Waals surface area (Å²) in [5.41, 5.74) is 2.63. The molecule has 3 nitrogen and oxygen atoms in total. The predicted molar refractivity (Wildman–Crippen MR) is 95.9 cm³/mol. The first-order valence-corrected chi connectivity index (χ1v) is 8.60. The molecule has 1 saturated heterocycles. The van der Waals surface area contributed by atoms with Gasteiger partial charge in [-0.2, -0.15) is 0 Å². The zero-order valence-corrected chi connectivity index (χ0v) is 13.8. The maximum atomic E-state index is 13.6. The third-order valence-electron chi connectivity index (χ3n) is 4.41. The van der Waals surface area contributed by atoms with E-state index in [2.05, 4.69) is 10.2 Å². The number of amides is 1. The Balaban J connectivity index is 1.66. The second-order valence-electron chi connectivity index (χ2n) is 6.24. The molecule has 3 rings (SSSR count). The Morgan fingerprint density at radius 2 is 1.79 bits per heavy atom. The number of benzene rings is 2. The maximum absolute atomic E-state index is 13.6. The van der Waals surface area contributed by atoms with Crippen molar-refractivity contribution in [3.63, 3.8) is 0 Å².